The van der Waals surface area contributed by atoms with E-state index in [0.717, 1.165) is 11.4 Å². The van der Waals surface area contributed by atoms with Crippen molar-refractivity contribution in [3.8, 4) is 0 Å². The topological polar surface area (TPSA) is 77.3 Å². The third kappa shape index (κ3) is 5.04. The number of nitrogens with two attached hydrogens (primary N) is 2. The van der Waals surface area contributed by atoms with Crippen LogP contribution in [0.15, 0.2) is 11.2 Å². The molecule has 0 amide bonds. The van der Waals surface area contributed by atoms with Crippen molar-refractivity contribution in [2.75, 3.05) is 6.54 Å². The van der Waals surface area contributed by atoms with Gasteiger partial charge in [-0.15, -0.1) is 35.3 Å². The van der Waals surface area contributed by atoms with Crippen molar-refractivity contribution in [1.29, 1.82) is 0 Å². The average molecular weight is 312 g/mol. The minimum atomic E-state index is 0. The lowest BCUT2D eigenvalue weighted by Gasteiger charge is -1.91. The van der Waals surface area contributed by atoms with E-state index in [9.17, 15) is 0 Å². The maximum Gasteiger partial charge on any atom is 0.185 e. The molecule has 0 aliphatic carbocycles. The molecule has 0 aliphatic rings. The maximum atomic E-state index is 5.17. The highest BCUT2D eigenvalue weighted by Gasteiger charge is 1.96. The van der Waals surface area contributed by atoms with Crippen molar-refractivity contribution in [2.24, 2.45) is 16.5 Å². The van der Waals surface area contributed by atoms with Crippen LogP contribution in [-0.4, -0.2) is 17.5 Å². The number of rotatable bonds is 3. The summed E-state index contributed by atoms with van der Waals surface area (Å²) >= 11 is 1.68. The van der Waals surface area contributed by atoms with Gasteiger partial charge in [-0.1, -0.05) is 0 Å². The van der Waals surface area contributed by atoms with Gasteiger partial charge in [0, 0.05) is 24.0 Å². The normalized spacial score (nSPS) is 9.00. The maximum absolute atomic E-state index is 5.17. The molecule has 0 spiro atoms. The van der Waals surface area contributed by atoms with Crippen LogP contribution in [0.5, 0.6) is 0 Å². The molecule has 0 fully saturated rings. The minimum absolute atomic E-state index is 0. The quantitative estimate of drug-likeness (QED) is 0.494. The fourth-order valence-electron chi connectivity index (χ4n) is 0.798. The van der Waals surface area contributed by atoms with Crippen LogP contribution in [0.1, 0.15) is 9.88 Å². The number of halogens is 1. The molecule has 4 N–H and O–H groups in total. The molecule has 0 saturated carbocycles. The molecule has 1 heterocycles. The van der Waals surface area contributed by atoms with E-state index in [2.05, 4.69) is 9.98 Å². The van der Waals surface area contributed by atoms with E-state index in [1.54, 1.807) is 11.3 Å². The van der Waals surface area contributed by atoms with Crippen LogP contribution < -0.4 is 11.5 Å². The van der Waals surface area contributed by atoms with Crippen molar-refractivity contribution >= 4 is 41.3 Å². The Kier molecular flexibility index (Phi) is 5.97. The van der Waals surface area contributed by atoms with Crippen molar-refractivity contribution in [2.45, 2.75) is 13.3 Å². The SMILES string of the molecule is Cc1cnc(CCN=C(N)N)s1.I. The molecule has 74 valence electrons. The number of nitrogens with zero attached hydrogens (tertiary/aromatic N) is 2. The molecule has 4 nitrogen and oxygen atoms in total. The number of guanidine groups is 1. The predicted molar refractivity (Wildman–Crippen MR) is 66.6 cm³/mol. The molecule has 1 rings (SSSR count). The molecule has 1 aromatic heterocycles. The summed E-state index contributed by atoms with van der Waals surface area (Å²) in [4.78, 5) is 9.27. The summed E-state index contributed by atoms with van der Waals surface area (Å²) in [7, 11) is 0. The molecular weight excluding hydrogens is 299 g/mol. The Bertz CT molecular complexity index is 280. The van der Waals surface area contributed by atoms with Crippen LogP contribution in [0.4, 0.5) is 0 Å². The molecule has 0 aromatic carbocycles. The lowest BCUT2D eigenvalue weighted by atomic mass is 10.4. The summed E-state index contributed by atoms with van der Waals surface area (Å²) < 4.78 is 0. The number of hydrogen-bond donors (Lipinski definition) is 2. The van der Waals surface area contributed by atoms with Gasteiger partial charge in [0.1, 0.15) is 0 Å². The van der Waals surface area contributed by atoms with E-state index >= 15 is 0 Å². The summed E-state index contributed by atoms with van der Waals surface area (Å²) in [5.41, 5.74) is 10.3. The van der Waals surface area contributed by atoms with Crippen molar-refractivity contribution in [3.05, 3.63) is 16.1 Å². The fraction of sp³-hybridized carbons (Fsp3) is 0.429. The number of aliphatic imine (C=N–C) groups is 1. The minimum Gasteiger partial charge on any atom is -0.370 e. The molecule has 0 bridgehead atoms. The van der Waals surface area contributed by atoms with Gasteiger partial charge >= 0.3 is 0 Å². The second-order valence-electron chi connectivity index (χ2n) is 2.42. The van der Waals surface area contributed by atoms with Gasteiger partial charge in [-0.25, -0.2) is 4.98 Å². The van der Waals surface area contributed by atoms with Crippen LogP contribution in [0.2, 0.25) is 0 Å². The second kappa shape index (κ2) is 6.14. The lowest BCUT2D eigenvalue weighted by Crippen LogP contribution is -2.23. The molecule has 6 heteroatoms. The van der Waals surface area contributed by atoms with Gasteiger partial charge in [0.05, 0.1) is 5.01 Å². The highest BCUT2D eigenvalue weighted by Crippen LogP contribution is 2.11. The van der Waals surface area contributed by atoms with E-state index in [1.807, 2.05) is 13.1 Å². The first-order valence-corrected chi connectivity index (χ1v) is 4.47. The van der Waals surface area contributed by atoms with Crippen molar-refractivity contribution < 1.29 is 0 Å². The summed E-state index contributed by atoms with van der Waals surface area (Å²) in [5.74, 6) is 0.142. The van der Waals surface area contributed by atoms with Gasteiger partial charge in [0.2, 0.25) is 0 Å². The van der Waals surface area contributed by atoms with Crippen molar-refractivity contribution in [3.63, 3.8) is 0 Å². The van der Waals surface area contributed by atoms with Crippen LogP contribution in [0.25, 0.3) is 0 Å². The fourth-order valence-corrected chi connectivity index (χ4v) is 1.57. The second-order valence-corrected chi connectivity index (χ2v) is 3.74. The average Bonchev–Trinajstić information content (AvgIpc) is 2.35. The number of hydrogen-bond acceptors (Lipinski definition) is 3. The van der Waals surface area contributed by atoms with Crippen LogP contribution in [0.3, 0.4) is 0 Å². The molecule has 0 unspecified atom stereocenters. The third-order valence-electron chi connectivity index (χ3n) is 1.29. The molecular formula is C7H13IN4S. The first-order chi connectivity index (χ1) is 5.68. The highest BCUT2D eigenvalue weighted by atomic mass is 127. The van der Waals surface area contributed by atoms with Gasteiger partial charge in [-0.3, -0.25) is 4.99 Å². The monoisotopic (exact) mass is 312 g/mol. The van der Waals surface area contributed by atoms with E-state index in [1.165, 1.54) is 4.88 Å². The van der Waals surface area contributed by atoms with E-state index in [4.69, 9.17) is 11.5 Å². The number of aryl methyl sites for hydroxylation is 1. The Labute approximate surface area is 98.5 Å². The lowest BCUT2D eigenvalue weighted by molar-refractivity contribution is 0.947. The van der Waals surface area contributed by atoms with Gasteiger partial charge in [0.15, 0.2) is 5.96 Å². The van der Waals surface area contributed by atoms with Crippen LogP contribution in [0, 0.1) is 6.92 Å². The van der Waals surface area contributed by atoms with E-state index < -0.39 is 0 Å². The molecule has 1 aromatic rings. The Morgan fingerprint density at radius 2 is 2.31 bits per heavy atom. The first kappa shape index (κ1) is 12.6. The zero-order chi connectivity index (χ0) is 8.97. The van der Waals surface area contributed by atoms with E-state index in [-0.39, 0.29) is 29.9 Å². The molecule has 13 heavy (non-hydrogen) atoms. The van der Waals surface area contributed by atoms with Gasteiger partial charge in [-0.05, 0) is 6.92 Å². The molecule has 0 aliphatic heterocycles. The molecule has 0 atom stereocenters. The number of thiazole rings is 1. The Hall–Kier alpha value is -0.370. The third-order valence-corrected chi connectivity index (χ3v) is 2.26. The summed E-state index contributed by atoms with van der Waals surface area (Å²) in [6, 6.07) is 0. The van der Waals surface area contributed by atoms with Gasteiger partial charge < -0.3 is 11.5 Å². The van der Waals surface area contributed by atoms with Crippen molar-refractivity contribution in [1.82, 2.24) is 4.98 Å². The summed E-state index contributed by atoms with van der Waals surface area (Å²) in [6.07, 6.45) is 2.67. The smallest absolute Gasteiger partial charge is 0.185 e. The Morgan fingerprint density at radius 1 is 1.62 bits per heavy atom. The van der Waals surface area contributed by atoms with Crippen LogP contribution >= 0.6 is 35.3 Å². The summed E-state index contributed by atoms with van der Waals surface area (Å²) in [5, 5.41) is 1.08. The van der Waals surface area contributed by atoms with Gasteiger partial charge in [-0.2, -0.15) is 0 Å². The molecule has 0 radical (unpaired) electrons. The van der Waals surface area contributed by atoms with Crippen LogP contribution in [-0.2, 0) is 6.42 Å². The van der Waals surface area contributed by atoms with E-state index in [0.29, 0.717) is 6.54 Å². The Balaban J connectivity index is 0.00000144. The predicted octanol–water partition coefficient (Wildman–Crippen LogP) is 0.885. The zero-order valence-electron chi connectivity index (χ0n) is 7.36. The first-order valence-electron chi connectivity index (χ1n) is 3.65. The standard InChI is InChI=1S/C7H12N4S.HI/c1-5-4-11-6(12-5)2-3-10-7(8)9;/h4H,2-3H2,1H3,(H4,8,9,10);1H. The summed E-state index contributed by atoms with van der Waals surface area (Å²) in [6.45, 7) is 2.65. The highest BCUT2D eigenvalue weighted by molar-refractivity contribution is 14.0. The largest absolute Gasteiger partial charge is 0.370 e. The van der Waals surface area contributed by atoms with Gasteiger partial charge in [0.25, 0.3) is 0 Å². The molecule has 0 saturated heterocycles. The number of aromatic nitrogens is 1. The Morgan fingerprint density at radius 3 is 2.77 bits per heavy atom. The zero-order valence-corrected chi connectivity index (χ0v) is 10.5.